The number of methoxy groups -OCH3 is 1. The third-order valence-corrected chi connectivity index (χ3v) is 9.16. The normalized spacial score (nSPS) is 28.0. The Morgan fingerprint density at radius 2 is 1.78 bits per heavy atom. The Labute approximate surface area is 266 Å². The van der Waals surface area contributed by atoms with Crippen molar-refractivity contribution in [2.75, 3.05) is 13.7 Å². The van der Waals surface area contributed by atoms with Crippen LogP contribution in [0.4, 0.5) is 18.0 Å². The number of nitrogens with zero attached hydrogens (tertiary/aromatic N) is 3. The number of rotatable bonds is 3. The molecule has 1 aliphatic carbocycles. The molecule has 3 aliphatic rings. The zero-order chi connectivity index (χ0) is 33.4. The maximum atomic E-state index is 14.2. The van der Waals surface area contributed by atoms with Crippen LogP contribution in [0.5, 0.6) is 11.6 Å². The lowest BCUT2D eigenvalue weighted by atomic mass is 9.85. The van der Waals surface area contributed by atoms with Crippen LogP contribution in [0.1, 0.15) is 78.3 Å². The first-order chi connectivity index (χ1) is 21.6. The van der Waals surface area contributed by atoms with Gasteiger partial charge in [0.25, 0.3) is 0 Å². The molecule has 2 fully saturated rings. The van der Waals surface area contributed by atoms with Gasteiger partial charge >= 0.3 is 12.3 Å². The van der Waals surface area contributed by atoms with Crippen molar-refractivity contribution in [3.8, 4) is 11.6 Å². The van der Waals surface area contributed by atoms with Crippen molar-refractivity contribution in [1.82, 2.24) is 20.2 Å². The van der Waals surface area contributed by atoms with Crippen LogP contribution in [0.2, 0.25) is 0 Å². The summed E-state index contributed by atoms with van der Waals surface area (Å²) in [4.78, 5) is 50.8. The molecular weight excluding hydrogens is 605 g/mol. The average Bonchev–Trinajstić information content (AvgIpc) is 3.60. The first kappa shape index (κ1) is 33.7. The second-order valence-electron chi connectivity index (χ2n) is 13.9. The summed E-state index contributed by atoms with van der Waals surface area (Å²) in [7, 11) is 1.51. The zero-order valence-corrected chi connectivity index (χ0v) is 27.0. The van der Waals surface area contributed by atoms with E-state index in [4.69, 9.17) is 19.2 Å². The lowest BCUT2D eigenvalue weighted by molar-refractivity contribution is -0.155. The summed E-state index contributed by atoms with van der Waals surface area (Å²) in [5, 5.41) is 2.67. The number of aromatic nitrogens is 2. The minimum absolute atomic E-state index is 0.0716. The monoisotopic (exact) mass is 648 g/mol. The molecule has 10 nitrogen and oxygen atoms in total. The van der Waals surface area contributed by atoms with E-state index in [1.54, 1.807) is 39.0 Å². The van der Waals surface area contributed by atoms with E-state index in [9.17, 15) is 27.6 Å². The minimum Gasteiger partial charge on any atom is -0.497 e. The Morgan fingerprint density at radius 1 is 1.04 bits per heavy atom. The minimum atomic E-state index is -4.65. The molecule has 1 aromatic carbocycles. The average molecular weight is 649 g/mol. The van der Waals surface area contributed by atoms with Crippen LogP contribution in [0.15, 0.2) is 18.2 Å². The smallest absolute Gasteiger partial charge is 0.408 e. The van der Waals surface area contributed by atoms with Crippen molar-refractivity contribution >= 4 is 28.8 Å². The molecule has 0 spiro atoms. The van der Waals surface area contributed by atoms with Crippen LogP contribution in [0.25, 0.3) is 11.0 Å². The number of alkyl halides is 3. The van der Waals surface area contributed by atoms with Crippen LogP contribution in [-0.4, -0.2) is 76.8 Å². The Balaban J connectivity index is 1.57. The van der Waals surface area contributed by atoms with Crippen molar-refractivity contribution < 1.29 is 41.8 Å². The molecule has 0 unspecified atom stereocenters. The topological polar surface area (TPSA) is 120 Å². The zero-order valence-electron chi connectivity index (χ0n) is 27.0. The maximum absolute atomic E-state index is 14.2. The molecule has 5 rings (SSSR count). The van der Waals surface area contributed by atoms with Crippen molar-refractivity contribution in [2.45, 2.75) is 110 Å². The fourth-order valence-electron chi connectivity index (χ4n) is 6.67. The highest BCUT2D eigenvalue weighted by atomic mass is 19.4. The van der Waals surface area contributed by atoms with Crippen molar-refractivity contribution in [2.24, 2.45) is 17.3 Å². The molecule has 2 aliphatic heterocycles. The van der Waals surface area contributed by atoms with Gasteiger partial charge in [-0.3, -0.25) is 9.59 Å². The van der Waals surface area contributed by atoms with Crippen LogP contribution < -0.4 is 14.8 Å². The van der Waals surface area contributed by atoms with Crippen molar-refractivity contribution in [3.05, 3.63) is 23.9 Å². The molecule has 252 valence electrons. The van der Waals surface area contributed by atoms with Gasteiger partial charge in [0.1, 0.15) is 29.7 Å². The molecule has 2 amide bonds. The van der Waals surface area contributed by atoms with Gasteiger partial charge in [0, 0.05) is 12.0 Å². The van der Waals surface area contributed by atoms with E-state index >= 15 is 0 Å². The second kappa shape index (κ2) is 13.2. The number of hydrogen-bond acceptors (Lipinski definition) is 8. The highest BCUT2D eigenvalue weighted by Crippen LogP contribution is 2.41. The van der Waals surface area contributed by atoms with Gasteiger partial charge in [-0.05, 0) is 56.1 Å². The maximum Gasteiger partial charge on any atom is 0.408 e. The van der Waals surface area contributed by atoms with Crippen LogP contribution >= 0.6 is 0 Å². The number of amides is 2. The van der Waals surface area contributed by atoms with Gasteiger partial charge in [-0.2, -0.15) is 13.2 Å². The Morgan fingerprint density at radius 3 is 2.46 bits per heavy atom. The van der Waals surface area contributed by atoms with E-state index < -0.39 is 59.9 Å². The molecule has 2 aromatic rings. The number of nitrogens with one attached hydrogen (secondary N) is 1. The molecule has 2 bridgehead atoms. The Bertz CT molecular complexity index is 1460. The van der Waals surface area contributed by atoms with E-state index in [1.807, 2.05) is 0 Å². The summed E-state index contributed by atoms with van der Waals surface area (Å²) < 4.78 is 59.4. The van der Waals surface area contributed by atoms with Crippen LogP contribution in [0, 0.1) is 17.3 Å². The van der Waals surface area contributed by atoms with Gasteiger partial charge in [-0.1, -0.05) is 40.0 Å². The van der Waals surface area contributed by atoms with E-state index in [1.165, 1.54) is 14.0 Å². The number of aryl methyl sites for hydroxylation is 1. The standard InChI is InChI=1S/C33H43F3N4O6/c1-18(41)27-21(16-33(34,35)36)26-17-40(27)30(42)28(32(2,3)4)39-31(43)46-25-14-19(25)10-8-6-7-9-11-23-29(45-26)38-24-15-20(44-5)12-13-22(24)37-23/h12-13,15,19,21,25-28H,6-11,14,16-17H2,1-5H3,(H,39,43)/t19-,21-,25-,26+,27-,28-/m1/s1. The van der Waals surface area contributed by atoms with Gasteiger partial charge < -0.3 is 24.4 Å². The fraction of sp³-hybridized carbons (Fsp3) is 0.667. The van der Waals surface area contributed by atoms with Crippen LogP contribution in [0.3, 0.4) is 0 Å². The van der Waals surface area contributed by atoms with Gasteiger partial charge in [-0.15, -0.1) is 0 Å². The van der Waals surface area contributed by atoms with E-state index in [0.29, 0.717) is 28.9 Å². The molecule has 1 saturated carbocycles. The van der Waals surface area contributed by atoms with Crippen molar-refractivity contribution in [1.29, 1.82) is 0 Å². The number of alkyl carbamates (subject to hydrolysis) is 1. The molecule has 0 radical (unpaired) electrons. The highest BCUT2D eigenvalue weighted by molar-refractivity contribution is 5.92. The number of Topliss-reactive ketones (excluding diaryl/α,β-unsaturated/α-hetero) is 1. The highest BCUT2D eigenvalue weighted by Gasteiger charge is 2.54. The molecule has 13 heteroatoms. The molecule has 1 saturated heterocycles. The lowest BCUT2D eigenvalue weighted by Crippen LogP contribution is -2.57. The Hall–Kier alpha value is -3.64. The van der Waals surface area contributed by atoms with Gasteiger partial charge in [-0.25, -0.2) is 14.8 Å². The fourth-order valence-corrected chi connectivity index (χ4v) is 6.67. The van der Waals surface area contributed by atoms with E-state index in [-0.39, 0.29) is 24.4 Å². The van der Waals surface area contributed by atoms with Gasteiger partial charge in [0.05, 0.1) is 37.2 Å². The number of halogens is 3. The molecular formula is C33H43F3N4O6. The third kappa shape index (κ3) is 7.83. The first-order valence-corrected chi connectivity index (χ1v) is 16.0. The predicted octanol–water partition coefficient (Wildman–Crippen LogP) is 5.79. The summed E-state index contributed by atoms with van der Waals surface area (Å²) in [5.74, 6) is -1.85. The number of ketones is 1. The number of fused-ring (bicyclic) bond motifs is 5. The largest absolute Gasteiger partial charge is 0.497 e. The molecule has 3 heterocycles. The second-order valence-corrected chi connectivity index (χ2v) is 13.9. The quantitative estimate of drug-likeness (QED) is 0.444. The molecule has 1 N–H and O–H groups in total. The summed E-state index contributed by atoms with van der Waals surface area (Å²) in [6.07, 6.45) is -2.51. The van der Waals surface area contributed by atoms with Crippen LogP contribution in [-0.2, 0) is 20.7 Å². The summed E-state index contributed by atoms with van der Waals surface area (Å²) >= 11 is 0. The van der Waals surface area contributed by atoms with E-state index in [2.05, 4.69) is 10.3 Å². The molecule has 6 atom stereocenters. The lowest BCUT2D eigenvalue weighted by Gasteiger charge is -2.35. The number of ether oxygens (including phenoxy) is 3. The number of hydrogen-bond donors (Lipinski definition) is 1. The third-order valence-electron chi connectivity index (χ3n) is 9.16. The van der Waals surface area contributed by atoms with Gasteiger partial charge in [0.15, 0.2) is 5.78 Å². The molecule has 1 aromatic heterocycles. The molecule has 46 heavy (non-hydrogen) atoms. The predicted molar refractivity (Wildman–Crippen MR) is 162 cm³/mol. The summed E-state index contributed by atoms with van der Waals surface area (Å²) in [5.41, 5.74) is 0.670. The first-order valence-electron chi connectivity index (χ1n) is 16.0. The Kier molecular flexibility index (Phi) is 9.70. The summed E-state index contributed by atoms with van der Waals surface area (Å²) in [6, 6.07) is 2.58. The number of carbonyl (C=O) groups is 3. The van der Waals surface area contributed by atoms with Gasteiger partial charge in [0.2, 0.25) is 11.8 Å². The number of benzene rings is 1. The summed E-state index contributed by atoms with van der Waals surface area (Å²) in [6.45, 7) is 6.06. The van der Waals surface area contributed by atoms with E-state index in [0.717, 1.165) is 43.4 Å². The number of carbonyl (C=O) groups excluding carboxylic acids is 3. The van der Waals surface area contributed by atoms with Crippen molar-refractivity contribution in [3.63, 3.8) is 0 Å². The SMILES string of the molecule is COc1ccc2nc3c(nc2c1)O[C@H]1CN(C(=O)[C@H](C(C)(C)C)NC(=O)O[C@@H]2C[C@H]2CCCCCC3)[C@H](C(C)=O)[C@@H]1CC(F)(F)F.